The molecule has 7 rings (SSSR count). The van der Waals surface area contributed by atoms with E-state index in [9.17, 15) is 28.0 Å². The first kappa shape index (κ1) is 37.0. The molecule has 3 aromatic rings. The first-order valence-electron chi connectivity index (χ1n) is 19.0. The first-order valence-corrected chi connectivity index (χ1v) is 19.0. The summed E-state index contributed by atoms with van der Waals surface area (Å²) in [7, 11) is 2.17. The normalized spacial score (nSPS) is 24.4. The van der Waals surface area contributed by atoms with Crippen LogP contribution in [0.25, 0.3) is 0 Å². The van der Waals surface area contributed by atoms with E-state index in [1.54, 1.807) is 9.58 Å². The summed E-state index contributed by atoms with van der Waals surface area (Å²) in [5, 5.41) is 6.67. The Hall–Kier alpha value is -4.30. The minimum atomic E-state index is -2.82. The lowest BCUT2D eigenvalue weighted by atomic mass is 9.83. The number of amides is 2. The molecule has 53 heavy (non-hydrogen) atoms. The number of rotatable bonds is 12. The monoisotopic (exact) mass is 733 g/mol. The van der Waals surface area contributed by atoms with Crippen LogP contribution in [0.15, 0.2) is 41.5 Å². The van der Waals surface area contributed by atoms with E-state index in [-0.39, 0.29) is 47.2 Å². The fourth-order valence-corrected chi connectivity index (χ4v) is 9.03. The number of hydrogen-bond donors (Lipinski definition) is 1. The number of alkyl halides is 2. The van der Waals surface area contributed by atoms with Crippen LogP contribution in [0.3, 0.4) is 0 Å². The molecule has 0 radical (unpaired) electrons. The quantitative estimate of drug-likeness (QED) is 0.218. The van der Waals surface area contributed by atoms with Gasteiger partial charge in [-0.3, -0.25) is 23.9 Å². The van der Waals surface area contributed by atoms with Crippen molar-refractivity contribution in [3.8, 4) is 0 Å². The van der Waals surface area contributed by atoms with Crippen LogP contribution in [-0.4, -0.2) is 93.8 Å². The number of piperidine rings is 1. The molecule has 12 nitrogen and oxygen atoms in total. The van der Waals surface area contributed by atoms with E-state index in [1.165, 1.54) is 11.8 Å². The van der Waals surface area contributed by atoms with Gasteiger partial charge in [0.25, 0.3) is 12.3 Å². The van der Waals surface area contributed by atoms with Crippen molar-refractivity contribution in [2.24, 2.45) is 5.92 Å². The molecule has 2 aliphatic heterocycles. The van der Waals surface area contributed by atoms with Crippen LogP contribution < -0.4 is 10.2 Å². The van der Waals surface area contributed by atoms with Gasteiger partial charge in [0, 0.05) is 24.8 Å². The Balaban J connectivity index is 0.846. The lowest BCUT2D eigenvalue weighted by Crippen LogP contribution is -2.46. The van der Waals surface area contributed by atoms with Crippen molar-refractivity contribution >= 4 is 34.8 Å². The maximum absolute atomic E-state index is 13.8. The molecule has 3 fully saturated rings. The number of aromatic nitrogens is 3. The second-order valence-electron chi connectivity index (χ2n) is 15.4. The van der Waals surface area contributed by atoms with Crippen LogP contribution in [-0.2, 0) is 14.4 Å². The minimum absolute atomic E-state index is 0.00213. The highest BCUT2D eigenvalue weighted by atomic mass is 19.3. The summed E-state index contributed by atoms with van der Waals surface area (Å²) in [6.07, 6.45) is 8.40. The highest BCUT2D eigenvalue weighted by Gasteiger charge is 2.44. The van der Waals surface area contributed by atoms with Crippen molar-refractivity contribution in [2.75, 3.05) is 50.0 Å². The maximum atomic E-state index is 13.8. The van der Waals surface area contributed by atoms with Gasteiger partial charge in [-0.2, -0.15) is 5.10 Å². The van der Waals surface area contributed by atoms with Gasteiger partial charge in [0.1, 0.15) is 12.0 Å². The van der Waals surface area contributed by atoms with Crippen molar-refractivity contribution < 1.29 is 32.4 Å². The molecule has 2 aliphatic carbocycles. The Morgan fingerprint density at radius 1 is 1.08 bits per heavy atom. The number of nitrogens with zero attached hydrogens (tertiary/aromatic N) is 6. The van der Waals surface area contributed by atoms with Crippen molar-refractivity contribution in [2.45, 2.75) is 101 Å². The molecule has 2 saturated carbocycles. The number of Topliss-reactive ketones (excluding diaryl/α,β-unsaturated/α-hetero) is 2. The predicted molar refractivity (Wildman–Crippen MR) is 193 cm³/mol. The lowest BCUT2D eigenvalue weighted by molar-refractivity contribution is -0.132. The van der Waals surface area contributed by atoms with E-state index >= 15 is 0 Å². The highest BCUT2D eigenvalue weighted by molar-refractivity contribution is 6.13. The topological polar surface area (TPSA) is 134 Å². The molecule has 1 aromatic carbocycles. The number of halogens is 2. The van der Waals surface area contributed by atoms with Crippen LogP contribution in [0.4, 0.5) is 20.2 Å². The third kappa shape index (κ3) is 7.98. The molecule has 1 saturated heterocycles. The van der Waals surface area contributed by atoms with Crippen LogP contribution >= 0.6 is 0 Å². The molecule has 14 heteroatoms. The van der Waals surface area contributed by atoms with Gasteiger partial charge in [-0.15, -0.1) is 0 Å². The zero-order chi connectivity index (χ0) is 37.2. The van der Waals surface area contributed by atoms with Gasteiger partial charge in [0.05, 0.1) is 30.1 Å². The molecule has 4 aliphatic rings. The van der Waals surface area contributed by atoms with Gasteiger partial charge < -0.3 is 24.4 Å². The average molecular weight is 734 g/mol. The summed E-state index contributed by atoms with van der Waals surface area (Å²) in [6.45, 7) is 6.98. The number of carbonyl (C=O) groups is 4. The molecule has 2 unspecified atom stereocenters. The average Bonchev–Trinajstić information content (AvgIpc) is 3.89. The van der Waals surface area contributed by atoms with Crippen molar-refractivity contribution in [1.29, 1.82) is 0 Å². The summed E-state index contributed by atoms with van der Waals surface area (Å²) in [6, 6.07) is 5.61. The smallest absolute Gasteiger partial charge is 0.284 e. The number of nitrogens with one attached hydrogen (secondary N) is 1. The van der Waals surface area contributed by atoms with Gasteiger partial charge in [0.15, 0.2) is 23.6 Å². The number of carbonyl (C=O) groups excluding carboxylic acids is 4. The van der Waals surface area contributed by atoms with Crippen LogP contribution in [0.2, 0.25) is 0 Å². The maximum Gasteiger partial charge on any atom is 0.284 e. The van der Waals surface area contributed by atoms with Crippen LogP contribution in [0.1, 0.15) is 123 Å². The third-order valence-corrected chi connectivity index (χ3v) is 11.9. The van der Waals surface area contributed by atoms with Crippen LogP contribution in [0.5, 0.6) is 0 Å². The van der Waals surface area contributed by atoms with E-state index in [0.29, 0.717) is 24.7 Å². The summed E-state index contributed by atoms with van der Waals surface area (Å²) >= 11 is 0. The number of likely N-dealkylation sites (tertiary alicyclic amines) is 1. The zero-order valence-corrected chi connectivity index (χ0v) is 30.5. The minimum Gasteiger partial charge on any atom is -0.451 e. The number of oxazole rings is 1. The Morgan fingerprint density at radius 3 is 2.55 bits per heavy atom. The number of anilines is 2. The SMILES string of the molecule is CC1C(=O)N(C2CCC(=O)CC2=O)c2cccc(C3CCN(CCCN(C)CC4CCC(n5cc(NC(=O)c6cocn6)c(C(F)F)n5)CC4)CC3)c21. The van der Waals surface area contributed by atoms with Gasteiger partial charge in [0.2, 0.25) is 5.91 Å². The Labute approximate surface area is 308 Å². The molecule has 1 N–H and O–H groups in total. The molecule has 0 bridgehead atoms. The first-order chi connectivity index (χ1) is 25.6. The van der Waals surface area contributed by atoms with E-state index in [1.807, 2.05) is 19.1 Å². The van der Waals surface area contributed by atoms with Crippen molar-refractivity contribution in [3.63, 3.8) is 0 Å². The summed E-state index contributed by atoms with van der Waals surface area (Å²) in [5.74, 6) is -0.234. The Kier molecular flexibility index (Phi) is 11.2. The number of fused-ring (bicyclic) bond motifs is 1. The second-order valence-corrected chi connectivity index (χ2v) is 15.4. The van der Waals surface area contributed by atoms with Crippen molar-refractivity contribution in [3.05, 3.63) is 59.6 Å². The summed E-state index contributed by atoms with van der Waals surface area (Å²) in [5.41, 5.74) is 2.72. The standard InChI is InChI=1S/C39H49F2N7O5/c1-24-35-29(5-3-6-33(35)48(39(24)52)32-12-11-28(49)19-34(32)50)26-13-17-46(18-14-26)16-4-15-45(2)20-25-7-9-27(10-8-25)47-21-30(36(44-47)37(40)41)43-38(51)31-22-53-23-42-31/h3,5-6,21-27,32,37H,4,7-20H2,1-2H3,(H,43,51). The van der Waals surface area contributed by atoms with Crippen molar-refractivity contribution in [1.82, 2.24) is 24.6 Å². The van der Waals surface area contributed by atoms with Crippen LogP contribution in [0, 0.1) is 5.92 Å². The zero-order valence-electron chi connectivity index (χ0n) is 30.5. The largest absolute Gasteiger partial charge is 0.451 e. The fourth-order valence-electron chi connectivity index (χ4n) is 9.03. The van der Waals surface area contributed by atoms with E-state index in [4.69, 9.17) is 4.42 Å². The molecule has 4 heterocycles. The van der Waals surface area contributed by atoms with Gasteiger partial charge >= 0.3 is 0 Å². The molecule has 2 atom stereocenters. The summed E-state index contributed by atoms with van der Waals surface area (Å²) in [4.78, 5) is 60.9. The number of ketones is 2. The molecule has 284 valence electrons. The summed E-state index contributed by atoms with van der Waals surface area (Å²) < 4.78 is 34.0. The predicted octanol–water partition coefficient (Wildman–Crippen LogP) is 6.13. The van der Waals surface area contributed by atoms with E-state index in [2.05, 4.69) is 38.3 Å². The number of benzene rings is 1. The number of hydrogen-bond acceptors (Lipinski definition) is 9. The molecule has 0 spiro atoms. The fraction of sp³-hybridized carbons (Fsp3) is 0.590. The second kappa shape index (κ2) is 16.0. The van der Waals surface area contributed by atoms with Gasteiger partial charge in [-0.1, -0.05) is 12.1 Å². The Morgan fingerprint density at radius 2 is 1.85 bits per heavy atom. The molecular formula is C39H49F2N7O5. The molecular weight excluding hydrogens is 684 g/mol. The van der Waals surface area contributed by atoms with E-state index in [0.717, 1.165) is 102 Å². The molecule has 2 aromatic heterocycles. The Bertz CT molecular complexity index is 1800. The highest BCUT2D eigenvalue weighted by Crippen LogP contribution is 2.46. The molecule has 2 amide bonds. The van der Waals surface area contributed by atoms with E-state index < -0.39 is 24.1 Å². The van der Waals surface area contributed by atoms with Gasteiger partial charge in [-0.25, -0.2) is 13.8 Å². The van der Waals surface area contributed by atoms with Gasteiger partial charge in [-0.05, 0) is 121 Å². The third-order valence-electron chi connectivity index (χ3n) is 11.9. The lowest BCUT2D eigenvalue weighted by Gasteiger charge is -2.34.